The molecule has 28 heavy (non-hydrogen) atoms. The summed E-state index contributed by atoms with van der Waals surface area (Å²) in [6, 6.07) is 9.92. The van der Waals surface area contributed by atoms with Crippen LogP contribution < -0.4 is 15.1 Å². The molecule has 0 unspecified atom stereocenters. The first-order valence-corrected chi connectivity index (χ1v) is 10.5. The van der Waals surface area contributed by atoms with Gasteiger partial charge in [-0.2, -0.15) is 0 Å². The summed E-state index contributed by atoms with van der Waals surface area (Å²) in [6.45, 7) is 6.07. The number of nitrogens with zero attached hydrogens (tertiary/aromatic N) is 4. The van der Waals surface area contributed by atoms with Crippen LogP contribution in [0.2, 0.25) is 0 Å². The highest BCUT2D eigenvalue weighted by Crippen LogP contribution is 2.23. The average Bonchev–Trinajstić information content (AvgIpc) is 3.10. The van der Waals surface area contributed by atoms with Crippen molar-refractivity contribution in [2.24, 2.45) is 0 Å². The Morgan fingerprint density at radius 2 is 1.46 bits per heavy atom. The number of aromatic nitrogens is 2. The highest BCUT2D eigenvalue weighted by atomic mass is 16.1. The van der Waals surface area contributed by atoms with E-state index in [1.165, 1.54) is 44.2 Å². The second-order valence-electron chi connectivity index (χ2n) is 7.76. The van der Waals surface area contributed by atoms with Gasteiger partial charge in [-0.05, 0) is 56.9 Å². The van der Waals surface area contributed by atoms with Gasteiger partial charge in [0.15, 0.2) is 0 Å². The normalized spacial score (nSPS) is 17.5. The molecule has 4 rings (SSSR count). The molecule has 2 aliphatic heterocycles. The molecule has 6 heteroatoms. The molecule has 0 bridgehead atoms. The van der Waals surface area contributed by atoms with E-state index in [0.29, 0.717) is 11.5 Å². The maximum atomic E-state index is 12.8. The quantitative estimate of drug-likeness (QED) is 0.869. The largest absolute Gasteiger partial charge is 0.372 e. The Hall–Kier alpha value is -2.63. The lowest BCUT2D eigenvalue weighted by Gasteiger charge is -2.22. The van der Waals surface area contributed by atoms with Crippen LogP contribution in [0.1, 0.15) is 54.8 Å². The minimum Gasteiger partial charge on any atom is -0.372 e. The van der Waals surface area contributed by atoms with Crippen LogP contribution in [0.5, 0.6) is 0 Å². The van der Waals surface area contributed by atoms with Gasteiger partial charge in [-0.3, -0.25) is 4.79 Å². The Morgan fingerprint density at radius 1 is 0.857 bits per heavy atom. The number of carbonyl (C=O) groups excluding carboxylic acids is 1. The Kier molecular flexibility index (Phi) is 5.74. The van der Waals surface area contributed by atoms with Gasteiger partial charge < -0.3 is 15.1 Å². The fourth-order valence-corrected chi connectivity index (χ4v) is 4.06. The van der Waals surface area contributed by atoms with Crippen LogP contribution in [0.3, 0.4) is 0 Å². The number of benzene rings is 1. The van der Waals surface area contributed by atoms with Crippen molar-refractivity contribution in [3.63, 3.8) is 0 Å². The SMILES string of the molecule is Cc1nc(C(=O)Nc2ccc(N3CCCC3)cc2)cc(N2CCCCCC2)n1. The number of amides is 1. The third-order valence-electron chi connectivity index (χ3n) is 5.58. The van der Waals surface area contributed by atoms with Crippen LogP contribution in [0.15, 0.2) is 30.3 Å². The number of nitrogens with one attached hydrogen (secondary N) is 1. The van der Waals surface area contributed by atoms with Crippen LogP contribution in [0.25, 0.3) is 0 Å². The zero-order chi connectivity index (χ0) is 19.3. The molecule has 1 amide bonds. The van der Waals surface area contributed by atoms with E-state index in [0.717, 1.165) is 37.7 Å². The number of carbonyl (C=O) groups is 1. The monoisotopic (exact) mass is 379 g/mol. The van der Waals surface area contributed by atoms with Gasteiger partial charge in [0.1, 0.15) is 17.3 Å². The minimum atomic E-state index is -0.185. The zero-order valence-electron chi connectivity index (χ0n) is 16.7. The third kappa shape index (κ3) is 4.43. The molecular weight excluding hydrogens is 350 g/mol. The molecule has 2 aromatic rings. The van der Waals surface area contributed by atoms with Crippen molar-refractivity contribution >= 4 is 23.1 Å². The number of rotatable bonds is 4. The molecule has 148 valence electrons. The Balaban J connectivity index is 1.46. The topological polar surface area (TPSA) is 61.4 Å². The standard InChI is InChI=1S/C22H29N5O/c1-17-23-20(16-21(24-17)27-14-4-2-3-5-15-27)22(28)25-18-8-10-19(11-9-18)26-12-6-7-13-26/h8-11,16H,2-7,12-15H2,1H3,(H,25,28). The third-order valence-corrected chi connectivity index (χ3v) is 5.58. The van der Waals surface area contributed by atoms with Crippen LogP contribution in [0, 0.1) is 6.92 Å². The van der Waals surface area contributed by atoms with Gasteiger partial charge in [-0.25, -0.2) is 9.97 Å². The predicted molar refractivity (Wildman–Crippen MR) is 113 cm³/mol. The van der Waals surface area contributed by atoms with E-state index < -0.39 is 0 Å². The van der Waals surface area contributed by atoms with Gasteiger partial charge in [0.2, 0.25) is 0 Å². The molecule has 1 N–H and O–H groups in total. The number of hydrogen-bond acceptors (Lipinski definition) is 5. The summed E-state index contributed by atoms with van der Waals surface area (Å²) < 4.78 is 0. The van der Waals surface area contributed by atoms with Crippen LogP contribution in [-0.4, -0.2) is 42.1 Å². The van der Waals surface area contributed by atoms with E-state index in [1.807, 2.05) is 25.1 Å². The molecule has 1 aromatic carbocycles. The highest BCUT2D eigenvalue weighted by Gasteiger charge is 2.17. The van der Waals surface area contributed by atoms with E-state index in [4.69, 9.17) is 0 Å². The lowest BCUT2D eigenvalue weighted by molar-refractivity contribution is 0.102. The number of hydrogen-bond donors (Lipinski definition) is 1. The smallest absolute Gasteiger partial charge is 0.274 e. The van der Waals surface area contributed by atoms with Gasteiger partial charge in [0.25, 0.3) is 5.91 Å². The molecule has 1 aromatic heterocycles. The Labute approximate surface area is 167 Å². The van der Waals surface area contributed by atoms with Crippen molar-refractivity contribution in [1.82, 2.24) is 9.97 Å². The number of anilines is 3. The Bertz CT molecular complexity index is 806. The van der Waals surface area contributed by atoms with Crippen molar-refractivity contribution in [3.8, 4) is 0 Å². The van der Waals surface area contributed by atoms with Crippen LogP contribution in [-0.2, 0) is 0 Å². The number of aryl methyl sites for hydroxylation is 1. The fraction of sp³-hybridized carbons (Fsp3) is 0.500. The molecule has 0 spiro atoms. The predicted octanol–water partition coefficient (Wildman–Crippen LogP) is 4.02. The molecule has 0 atom stereocenters. The van der Waals surface area contributed by atoms with Gasteiger partial charge in [-0.15, -0.1) is 0 Å². The first-order chi connectivity index (χ1) is 13.7. The first kappa shape index (κ1) is 18.7. The maximum Gasteiger partial charge on any atom is 0.274 e. The first-order valence-electron chi connectivity index (χ1n) is 10.5. The van der Waals surface area contributed by atoms with Crippen molar-refractivity contribution < 1.29 is 4.79 Å². The second-order valence-corrected chi connectivity index (χ2v) is 7.76. The van der Waals surface area contributed by atoms with Crippen LogP contribution in [0.4, 0.5) is 17.2 Å². The average molecular weight is 380 g/mol. The van der Waals surface area contributed by atoms with Crippen molar-refractivity contribution in [1.29, 1.82) is 0 Å². The van der Waals surface area contributed by atoms with Crippen molar-refractivity contribution in [2.75, 3.05) is 41.3 Å². The zero-order valence-corrected chi connectivity index (χ0v) is 16.7. The molecule has 2 fully saturated rings. The van der Waals surface area contributed by atoms with E-state index in [1.54, 1.807) is 0 Å². The van der Waals surface area contributed by atoms with E-state index in [-0.39, 0.29) is 5.91 Å². The summed E-state index contributed by atoms with van der Waals surface area (Å²) in [5, 5.41) is 2.98. The van der Waals surface area contributed by atoms with Gasteiger partial charge in [-0.1, -0.05) is 12.8 Å². The molecule has 0 saturated carbocycles. The van der Waals surface area contributed by atoms with Crippen molar-refractivity contribution in [3.05, 3.63) is 41.9 Å². The van der Waals surface area contributed by atoms with Crippen LogP contribution >= 0.6 is 0 Å². The summed E-state index contributed by atoms with van der Waals surface area (Å²) in [7, 11) is 0. The molecule has 0 radical (unpaired) electrons. The fourth-order valence-electron chi connectivity index (χ4n) is 4.06. The second kappa shape index (κ2) is 8.59. The molecular formula is C22H29N5O. The Morgan fingerprint density at radius 3 is 2.14 bits per heavy atom. The highest BCUT2D eigenvalue weighted by molar-refractivity contribution is 6.03. The summed E-state index contributed by atoms with van der Waals surface area (Å²) >= 11 is 0. The molecule has 2 aliphatic rings. The van der Waals surface area contributed by atoms with E-state index in [2.05, 4.69) is 37.2 Å². The lowest BCUT2D eigenvalue weighted by atomic mass is 10.2. The molecule has 6 nitrogen and oxygen atoms in total. The van der Waals surface area contributed by atoms with Gasteiger partial charge in [0, 0.05) is 43.6 Å². The molecule has 0 aliphatic carbocycles. The summed E-state index contributed by atoms with van der Waals surface area (Å²) in [6.07, 6.45) is 7.39. The van der Waals surface area contributed by atoms with Gasteiger partial charge >= 0.3 is 0 Å². The lowest BCUT2D eigenvalue weighted by Crippen LogP contribution is -2.26. The summed E-state index contributed by atoms with van der Waals surface area (Å²) in [4.78, 5) is 26.4. The van der Waals surface area contributed by atoms with Gasteiger partial charge in [0.05, 0.1) is 0 Å². The van der Waals surface area contributed by atoms with E-state index >= 15 is 0 Å². The molecule has 2 saturated heterocycles. The summed E-state index contributed by atoms with van der Waals surface area (Å²) in [5.74, 6) is 1.32. The van der Waals surface area contributed by atoms with Crippen molar-refractivity contribution in [2.45, 2.75) is 45.4 Å². The minimum absolute atomic E-state index is 0.185. The molecule has 3 heterocycles. The maximum absolute atomic E-state index is 12.8. The van der Waals surface area contributed by atoms with E-state index in [9.17, 15) is 4.79 Å². The summed E-state index contributed by atoms with van der Waals surface area (Å²) in [5.41, 5.74) is 2.44.